The number of nitrogens with zero attached hydrogens (tertiary/aromatic N) is 1. The van der Waals surface area contributed by atoms with Crippen LogP contribution in [0.15, 0.2) is 17.5 Å². The van der Waals surface area contributed by atoms with E-state index in [1.54, 1.807) is 23.2 Å². The number of carboxylic acids is 1. The number of aliphatic carboxylic acids is 1. The zero-order valence-corrected chi connectivity index (χ0v) is 13.3. The van der Waals surface area contributed by atoms with Gasteiger partial charge in [-0.2, -0.15) is 0 Å². The Hall–Kier alpha value is -1.56. The van der Waals surface area contributed by atoms with Crippen LogP contribution in [0.2, 0.25) is 0 Å². The summed E-state index contributed by atoms with van der Waals surface area (Å²) in [5, 5.41) is 14.3. The molecule has 0 radical (unpaired) electrons. The maximum absolute atomic E-state index is 12.3. The maximum Gasteiger partial charge on any atom is 0.317 e. The van der Waals surface area contributed by atoms with Crippen LogP contribution >= 0.6 is 11.3 Å². The topological polar surface area (TPSA) is 69.6 Å². The molecule has 5 nitrogen and oxygen atoms in total. The van der Waals surface area contributed by atoms with Gasteiger partial charge in [0.2, 0.25) is 0 Å². The van der Waals surface area contributed by atoms with Gasteiger partial charge in [-0.1, -0.05) is 13.0 Å². The van der Waals surface area contributed by atoms with Crippen molar-refractivity contribution in [2.45, 2.75) is 39.2 Å². The molecular formula is C15H22N2O3S. The summed E-state index contributed by atoms with van der Waals surface area (Å²) in [7, 11) is 0. The number of hydrogen-bond donors (Lipinski definition) is 2. The maximum atomic E-state index is 12.3. The van der Waals surface area contributed by atoms with E-state index in [0.29, 0.717) is 25.9 Å². The molecule has 2 N–H and O–H groups in total. The van der Waals surface area contributed by atoms with Crippen LogP contribution in [-0.2, 0) is 4.79 Å². The molecule has 0 bridgehead atoms. The van der Waals surface area contributed by atoms with E-state index < -0.39 is 11.4 Å². The summed E-state index contributed by atoms with van der Waals surface area (Å²) in [5.41, 5.74) is -0.700. The van der Waals surface area contributed by atoms with Crippen molar-refractivity contribution in [1.29, 1.82) is 0 Å². The summed E-state index contributed by atoms with van der Waals surface area (Å²) in [4.78, 5) is 26.4. The third-order valence-corrected chi connectivity index (χ3v) is 5.25. The van der Waals surface area contributed by atoms with Crippen molar-refractivity contribution < 1.29 is 14.7 Å². The first-order valence-corrected chi connectivity index (χ1v) is 8.16. The normalized spacial score (nSPS) is 19.0. The molecule has 0 aromatic carbocycles. The summed E-state index contributed by atoms with van der Waals surface area (Å²) >= 11 is 1.64. The van der Waals surface area contributed by atoms with Crippen molar-refractivity contribution in [2.75, 3.05) is 13.1 Å². The van der Waals surface area contributed by atoms with Gasteiger partial charge in [-0.25, -0.2) is 4.79 Å². The van der Waals surface area contributed by atoms with Crippen molar-refractivity contribution >= 4 is 23.3 Å². The number of amides is 2. The standard InChI is InChI=1S/C15H22N2O3S/c1-3-11(12-5-4-10-21-12)16-14(20)17-8-6-15(2,7-9-17)13(18)19/h4-5,10-11H,3,6-9H2,1-2H3,(H,16,20)(H,18,19). The van der Waals surface area contributed by atoms with Crippen molar-refractivity contribution in [3.8, 4) is 0 Å². The fourth-order valence-electron chi connectivity index (χ4n) is 2.52. The summed E-state index contributed by atoms with van der Waals surface area (Å²) in [6, 6.07) is 3.94. The molecule has 1 aromatic rings. The Bertz CT molecular complexity index is 493. The number of likely N-dealkylation sites (tertiary alicyclic amines) is 1. The molecule has 1 aromatic heterocycles. The first kappa shape index (κ1) is 15.8. The predicted molar refractivity (Wildman–Crippen MR) is 82.4 cm³/mol. The summed E-state index contributed by atoms with van der Waals surface area (Å²) in [5.74, 6) is -0.771. The van der Waals surface area contributed by atoms with E-state index in [1.807, 2.05) is 24.4 Å². The highest BCUT2D eigenvalue weighted by molar-refractivity contribution is 7.10. The van der Waals surface area contributed by atoms with Gasteiger partial charge in [-0.05, 0) is 37.6 Å². The van der Waals surface area contributed by atoms with Crippen molar-refractivity contribution in [2.24, 2.45) is 5.41 Å². The highest BCUT2D eigenvalue weighted by Crippen LogP contribution is 2.31. The lowest BCUT2D eigenvalue weighted by atomic mass is 9.80. The van der Waals surface area contributed by atoms with E-state index in [2.05, 4.69) is 5.32 Å². The first-order chi connectivity index (χ1) is 9.96. The third-order valence-electron chi connectivity index (χ3n) is 4.26. The molecule has 6 heteroatoms. The SMILES string of the molecule is CCC(NC(=O)N1CCC(C)(C(=O)O)CC1)c1cccs1. The van der Waals surface area contributed by atoms with Crippen LogP contribution in [0, 0.1) is 5.41 Å². The Kier molecular flexibility index (Phi) is 4.88. The van der Waals surface area contributed by atoms with Gasteiger partial charge in [0.25, 0.3) is 0 Å². The number of hydrogen-bond acceptors (Lipinski definition) is 3. The average Bonchev–Trinajstić information content (AvgIpc) is 2.99. The Morgan fingerprint density at radius 3 is 2.62 bits per heavy atom. The molecule has 2 amide bonds. The molecule has 1 fully saturated rings. The molecular weight excluding hydrogens is 288 g/mol. The lowest BCUT2D eigenvalue weighted by molar-refractivity contribution is -0.150. The zero-order chi connectivity index (χ0) is 15.5. The lowest BCUT2D eigenvalue weighted by Crippen LogP contribution is -2.49. The second-order valence-electron chi connectivity index (χ2n) is 5.78. The van der Waals surface area contributed by atoms with Gasteiger partial charge in [0.1, 0.15) is 0 Å². The average molecular weight is 310 g/mol. The van der Waals surface area contributed by atoms with Crippen LogP contribution in [0.5, 0.6) is 0 Å². The fourth-order valence-corrected chi connectivity index (χ4v) is 3.38. The number of urea groups is 1. The van der Waals surface area contributed by atoms with Gasteiger partial charge in [-0.15, -0.1) is 11.3 Å². The minimum atomic E-state index is -0.771. The molecule has 1 saturated heterocycles. The molecule has 1 aliphatic rings. The first-order valence-electron chi connectivity index (χ1n) is 7.28. The lowest BCUT2D eigenvalue weighted by Gasteiger charge is -2.37. The monoisotopic (exact) mass is 310 g/mol. The Morgan fingerprint density at radius 1 is 1.48 bits per heavy atom. The highest BCUT2D eigenvalue weighted by atomic mass is 32.1. The minimum absolute atomic E-state index is 0.0327. The van der Waals surface area contributed by atoms with Gasteiger partial charge >= 0.3 is 12.0 Å². The molecule has 1 aliphatic heterocycles. The summed E-state index contributed by atoms with van der Waals surface area (Å²) < 4.78 is 0. The van der Waals surface area contributed by atoms with E-state index in [1.165, 1.54) is 0 Å². The zero-order valence-electron chi connectivity index (χ0n) is 12.5. The number of carbonyl (C=O) groups is 2. The van der Waals surface area contributed by atoms with Crippen LogP contribution < -0.4 is 5.32 Å². The van der Waals surface area contributed by atoms with Gasteiger partial charge < -0.3 is 15.3 Å². The molecule has 0 aliphatic carbocycles. The Labute approximate surface area is 129 Å². The van der Waals surface area contributed by atoms with E-state index in [4.69, 9.17) is 0 Å². The molecule has 116 valence electrons. The highest BCUT2D eigenvalue weighted by Gasteiger charge is 2.38. The molecule has 0 saturated carbocycles. The third kappa shape index (κ3) is 3.56. The smallest absolute Gasteiger partial charge is 0.317 e. The van der Waals surface area contributed by atoms with E-state index in [0.717, 1.165) is 11.3 Å². The van der Waals surface area contributed by atoms with E-state index in [9.17, 15) is 14.7 Å². The van der Waals surface area contributed by atoms with Crippen LogP contribution in [-0.4, -0.2) is 35.1 Å². The van der Waals surface area contributed by atoms with Gasteiger partial charge in [0.05, 0.1) is 11.5 Å². The van der Waals surface area contributed by atoms with Crippen LogP contribution in [0.3, 0.4) is 0 Å². The second-order valence-corrected chi connectivity index (χ2v) is 6.76. The van der Waals surface area contributed by atoms with Crippen molar-refractivity contribution in [1.82, 2.24) is 10.2 Å². The molecule has 1 unspecified atom stereocenters. The Balaban J connectivity index is 1.92. The van der Waals surface area contributed by atoms with Crippen LogP contribution in [0.25, 0.3) is 0 Å². The summed E-state index contributed by atoms with van der Waals surface area (Å²) in [6.45, 7) is 4.79. The predicted octanol–water partition coefficient (Wildman–Crippen LogP) is 3.10. The number of carbonyl (C=O) groups excluding carboxylic acids is 1. The number of carboxylic acid groups (broad SMARTS) is 1. The minimum Gasteiger partial charge on any atom is -0.481 e. The van der Waals surface area contributed by atoms with Crippen LogP contribution in [0.4, 0.5) is 4.79 Å². The van der Waals surface area contributed by atoms with Gasteiger partial charge in [-0.3, -0.25) is 4.79 Å². The van der Waals surface area contributed by atoms with Gasteiger partial charge in [0, 0.05) is 18.0 Å². The Morgan fingerprint density at radius 2 is 2.14 bits per heavy atom. The number of rotatable bonds is 4. The number of piperidine rings is 1. The second kappa shape index (κ2) is 6.47. The van der Waals surface area contributed by atoms with Gasteiger partial charge in [0.15, 0.2) is 0 Å². The van der Waals surface area contributed by atoms with E-state index in [-0.39, 0.29) is 12.1 Å². The molecule has 2 heterocycles. The summed E-state index contributed by atoms with van der Waals surface area (Å²) in [6.07, 6.45) is 1.85. The van der Waals surface area contributed by atoms with E-state index >= 15 is 0 Å². The van der Waals surface area contributed by atoms with Crippen LogP contribution in [0.1, 0.15) is 44.0 Å². The molecule has 2 rings (SSSR count). The molecule has 0 spiro atoms. The number of thiophene rings is 1. The van der Waals surface area contributed by atoms with Crippen molar-refractivity contribution in [3.63, 3.8) is 0 Å². The largest absolute Gasteiger partial charge is 0.481 e. The number of nitrogens with one attached hydrogen (secondary N) is 1. The fraction of sp³-hybridized carbons (Fsp3) is 0.600. The molecule has 1 atom stereocenters. The molecule has 21 heavy (non-hydrogen) atoms. The van der Waals surface area contributed by atoms with Crippen molar-refractivity contribution in [3.05, 3.63) is 22.4 Å². The quantitative estimate of drug-likeness (QED) is 0.898.